The van der Waals surface area contributed by atoms with Gasteiger partial charge in [0.25, 0.3) is 0 Å². The molecule has 16 heavy (non-hydrogen) atoms. The van der Waals surface area contributed by atoms with Crippen LogP contribution in [0.15, 0.2) is 11.4 Å². The predicted molar refractivity (Wildman–Crippen MR) is 67.9 cm³/mol. The Bertz CT molecular complexity index is 372. The van der Waals surface area contributed by atoms with E-state index in [0.717, 1.165) is 29.7 Å². The van der Waals surface area contributed by atoms with E-state index in [0.29, 0.717) is 0 Å². The Balaban J connectivity index is 2.17. The maximum Gasteiger partial charge on any atom is 0.168 e. The lowest BCUT2D eigenvalue weighted by Crippen LogP contribution is -2.34. The highest BCUT2D eigenvalue weighted by Crippen LogP contribution is 2.27. The first-order chi connectivity index (χ1) is 7.70. The molecule has 1 aromatic rings. The lowest BCUT2D eigenvalue weighted by Gasteiger charge is -2.19. The number of carbonyl (C=O) groups excluding carboxylic acids is 1. The second-order valence-corrected chi connectivity index (χ2v) is 5.78. The number of nitrogens with two attached hydrogens (primary N) is 1. The summed E-state index contributed by atoms with van der Waals surface area (Å²) in [6, 6.07) is 2.01. The molecule has 88 valence electrons. The molecule has 0 aromatic carbocycles. The van der Waals surface area contributed by atoms with Crippen LogP contribution < -0.4 is 5.73 Å². The highest BCUT2D eigenvalue weighted by atomic mass is 32.1. The summed E-state index contributed by atoms with van der Waals surface area (Å²) in [7, 11) is 0. The molecule has 2 nitrogen and oxygen atoms in total. The van der Waals surface area contributed by atoms with Gasteiger partial charge in [-0.2, -0.15) is 0 Å². The standard InChI is InChI=1S/C13H19NOS/c1-9-10(7-8-16-9)13(15)11-5-3-2-4-6-12(11)14/h7-8,11-12H,2-6,14H2,1H3. The number of aryl methyl sites for hydroxylation is 1. The molecule has 3 heteroatoms. The van der Waals surface area contributed by atoms with E-state index in [1.165, 1.54) is 12.8 Å². The first kappa shape index (κ1) is 11.8. The largest absolute Gasteiger partial charge is 0.327 e. The van der Waals surface area contributed by atoms with Crippen molar-refractivity contribution in [2.75, 3.05) is 0 Å². The van der Waals surface area contributed by atoms with Crippen LogP contribution in [-0.4, -0.2) is 11.8 Å². The molecule has 0 radical (unpaired) electrons. The van der Waals surface area contributed by atoms with Gasteiger partial charge in [-0.3, -0.25) is 4.79 Å². The third-order valence-electron chi connectivity index (χ3n) is 3.53. The molecule has 0 amide bonds. The zero-order chi connectivity index (χ0) is 11.5. The van der Waals surface area contributed by atoms with E-state index < -0.39 is 0 Å². The van der Waals surface area contributed by atoms with Crippen molar-refractivity contribution in [3.05, 3.63) is 21.9 Å². The van der Waals surface area contributed by atoms with Crippen LogP contribution in [0.2, 0.25) is 0 Å². The molecule has 2 unspecified atom stereocenters. The zero-order valence-electron chi connectivity index (χ0n) is 9.74. The number of thiophene rings is 1. The molecule has 0 spiro atoms. The normalized spacial score (nSPS) is 26.4. The van der Waals surface area contributed by atoms with Gasteiger partial charge in [-0.05, 0) is 31.2 Å². The number of hydrogen-bond acceptors (Lipinski definition) is 3. The van der Waals surface area contributed by atoms with Crippen LogP contribution in [0.4, 0.5) is 0 Å². The Labute approximate surface area is 101 Å². The highest BCUT2D eigenvalue weighted by molar-refractivity contribution is 7.10. The molecule has 1 aliphatic carbocycles. The molecule has 1 aliphatic rings. The number of Topliss-reactive ketones (excluding diaryl/α,β-unsaturated/α-hetero) is 1. The zero-order valence-corrected chi connectivity index (χ0v) is 10.6. The fourth-order valence-corrected chi connectivity index (χ4v) is 3.21. The van der Waals surface area contributed by atoms with Gasteiger partial charge in [-0.25, -0.2) is 0 Å². The summed E-state index contributed by atoms with van der Waals surface area (Å²) in [5.74, 6) is 0.323. The van der Waals surface area contributed by atoms with Gasteiger partial charge in [0.05, 0.1) is 0 Å². The summed E-state index contributed by atoms with van der Waals surface area (Å²) in [5.41, 5.74) is 7.01. The second-order valence-electron chi connectivity index (χ2n) is 4.66. The van der Waals surface area contributed by atoms with Gasteiger partial charge in [0.1, 0.15) is 0 Å². The summed E-state index contributed by atoms with van der Waals surface area (Å²) >= 11 is 1.64. The van der Waals surface area contributed by atoms with Gasteiger partial charge in [0.2, 0.25) is 0 Å². The predicted octanol–water partition coefficient (Wildman–Crippen LogP) is 3.15. The number of ketones is 1. The topological polar surface area (TPSA) is 43.1 Å². The maximum atomic E-state index is 12.4. The molecule has 1 saturated carbocycles. The van der Waals surface area contributed by atoms with Crippen molar-refractivity contribution in [3.63, 3.8) is 0 Å². The molecular formula is C13H19NOS. The minimum Gasteiger partial charge on any atom is -0.327 e. The van der Waals surface area contributed by atoms with Crippen molar-refractivity contribution in [3.8, 4) is 0 Å². The Kier molecular flexibility index (Phi) is 3.77. The van der Waals surface area contributed by atoms with Crippen molar-refractivity contribution < 1.29 is 4.79 Å². The third-order valence-corrected chi connectivity index (χ3v) is 4.38. The van der Waals surface area contributed by atoms with Crippen molar-refractivity contribution in [1.29, 1.82) is 0 Å². The van der Waals surface area contributed by atoms with Gasteiger partial charge >= 0.3 is 0 Å². The van der Waals surface area contributed by atoms with Gasteiger partial charge in [0.15, 0.2) is 5.78 Å². The van der Waals surface area contributed by atoms with Gasteiger partial charge in [0, 0.05) is 22.4 Å². The van der Waals surface area contributed by atoms with Crippen LogP contribution in [0.25, 0.3) is 0 Å². The first-order valence-electron chi connectivity index (χ1n) is 6.04. The Morgan fingerprint density at radius 3 is 2.81 bits per heavy atom. The molecule has 1 heterocycles. The van der Waals surface area contributed by atoms with Crippen molar-refractivity contribution in [1.82, 2.24) is 0 Å². The Hall–Kier alpha value is -0.670. The quantitative estimate of drug-likeness (QED) is 0.634. The molecule has 0 aliphatic heterocycles. The van der Waals surface area contributed by atoms with E-state index in [4.69, 9.17) is 5.73 Å². The molecule has 2 rings (SSSR count). The molecule has 0 bridgehead atoms. The summed E-state index contributed by atoms with van der Waals surface area (Å²) < 4.78 is 0. The number of hydrogen-bond donors (Lipinski definition) is 1. The molecule has 1 fully saturated rings. The highest BCUT2D eigenvalue weighted by Gasteiger charge is 2.28. The number of rotatable bonds is 2. The monoisotopic (exact) mass is 237 g/mol. The molecule has 0 saturated heterocycles. The minimum atomic E-state index is 0.0517. The lowest BCUT2D eigenvalue weighted by atomic mass is 9.88. The average Bonchev–Trinajstić information content (AvgIpc) is 2.56. The minimum absolute atomic E-state index is 0.0517. The Morgan fingerprint density at radius 1 is 1.38 bits per heavy atom. The Morgan fingerprint density at radius 2 is 2.12 bits per heavy atom. The second kappa shape index (κ2) is 5.11. The van der Waals surface area contributed by atoms with Crippen LogP contribution >= 0.6 is 11.3 Å². The van der Waals surface area contributed by atoms with Crippen LogP contribution in [0.1, 0.15) is 47.3 Å². The molecular weight excluding hydrogens is 218 g/mol. The van der Waals surface area contributed by atoms with E-state index in [9.17, 15) is 4.79 Å². The summed E-state index contributed by atoms with van der Waals surface area (Å²) in [5, 5.41) is 1.99. The number of carbonyl (C=O) groups is 1. The van der Waals surface area contributed by atoms with Crippen LogP contribution in [0, 0.1) is 12.8 Å². The lowest BCUT2D eigenvalue weighted by molar-refractivity contribution is 0.0894. The van der Waals surface area contributed by atoms with Crippen molar-refractivity contribution >= 4 is 17.1 Å². The van der Waals surface area contributed by atoms with E-state index in [2.05, 4.69) is 0 Å². The van der Waals surface area contributed by atoms with E-state index in [-0.39, 0.29) is 17.7 Å². The molecule has 1 aromatic heterocycles. The summed E-state index contributed by atoms with van der Waals surface area (Å²) in [6.45, 7) is 2.01. The van der Waals surface area contributed by atoms with E-state index in [1.807, 2.05) is 18.4 Å². The fraction of sp³-hybridized carbons (Fsp3) is 0.615. The molecule has 2 N–H and O–H groups in total. The van der Waals surface area contributed by atoms with Crippen LogP contribution in [0.5, 0.6) is 0 Å². The molecule has 2 atom stereocenters. The van der Waals surface area contributed by atoms with E-state index in [1.54, 1.807) is 11.3 Å². The SMILES string of the molecule is Cc1sccc1C(=O)C1CCCCCC1N. The maximum absolute atomic E-state index is 12.4. The van der Waals surface area contributed by atoms with Crippen LogP contribution in [-0.2, 0) is 0 Å². The van der Waals surface area contributed by atoms with Gasteiger partial charge in [-0.1, -0.05) is 19.3 Å². The fourth-order valence-electron chi connectivity index (χ4n) is 2.50. The average molecular weight is 237 g/mol. The van der Waals surface area contributed by atoms with E-state index >= 15 is 0 Å². The summed E-state index contributed by atoms with van der Waals surface area (Å²) in [6.07, 6.45) is 5.51. The van der Waals surface area contributed by atoms with Crippen molar-refractivity contribution in [2.45, 2.75) is 45.1 Å². The summed E-state index contributed by atoms with van der Waals surface area (Å²) in [4.78, 5) is 13.5. The van der Waals surface area contributed by atoms with Crippen LogP contribution in [0.3, 0.4) is 0 Å². The first-order valence-corrected chi connectivity index (χ1v) is 6.92. The van der Waals surface area contributed by atoms with Crippen molar-refractivity contribution in [2.24, 2.45) is 11.7 Å². The van der Waals surface area contributed by atoms with Gasteiger partial charge < -0.3 is 5.73 Å². The third kappa shape index (κ3) is 2.36. The van der Waals surface area contributed by atoms with Gasteiger partial charge in [-0.15, -0.1) is 11.3 Å². The smallest absolute Gasteiger partial charge is 0.168 e.